The molecule has 1 aliphatic heterocycles. The smallest absolute Gasteiger partial charge is 0.322 e. The van der Waals surface area contributed by atoms with E-state index in [1.807, 2.05) is 44.2 Å². The molecule has 3 aromatic rings. The van der Waals surface area contributed by atoms with Gasteiger partial charge in [-0.05, 0) is 60.7 Å². The standard InChI is InChI=1S/C23H24ClN5O3/c1-14-3-4-18(9-15(14)2)26-23(31)29-7-5-17(6-8-29)22-19(24)10-16(12-25-22)11-20-27-28-21(13-30)32-20/h3-5,9-10,12,30H,6-8,11,13H2,1-2H3,(H,26,31). The molecule has 9 heteroatoms. The molecule has 2 aromatic heterocycles. The highest BCUT2D eigenvalue weighted by Gasteiger charge is 2.20. The maximum absolute atomic E-state index is 12.6. The number of carbonyl (C=O) groups excluding carboxylic acids is 1. The van der Waals surface area contributed by atoms with Crippen LogP contribution in [0.3, 0.4) is 0 Å². The third kappa shape index (κ3) is 4.98. The van der Waals surface area contributed by atoms with Crippen molar-refractivity contribution in [3.8, 4) is 0 Å². The molecule has 2 amide bonds. The predicted octanol–water partition coefficient (Wildman–Crippen LogP) is 4.14. The van der Waals surface area contributed by atoms with Crippen LogP contribution in [0.4, 0.5) is 10.5 Å². The zero-order valence-electron chi connectivity index (χ0n) is 17.9. The number of nitrogens with zero attached hydrogens (tertiary/aromatic N) is 4. The average Bonchev–Trinajstić information content (AvgIpc) is 3.24. The topological polar surface area (TPSA) is 104 Å². The Morgan fingerprint density at radius 1 is 1.22 bits per heavy atom. The van der Waals surface area contributed by atoms with E-state index >= 15 is 0 Å². The number of rotatable bonds is 5. The zero-order valence-corrected chi connectivity index (χ0v) is 18.7. The number of carbonyl (C=O) groups is 1. The predicted molar refractivity (Wildman–Crippen MR) is 121 cm³/mol. The van der Waals surface area contributed by atoms with Gasteiger partial charge in [0, 0.05) is 25.0 Å². The molecule has 0 unspecified atom stereocenters. The molecular formula is C23H24ClN5O3. The lowest BCUT2D eigenvalue weighted by Crippen LogP contribution is -2.38. The minimum Gasteiger partial charge on any atom is -0.422 e. The van der Waals surface area contributed by atoms with Gasteiger partial charge in [-0.2, -0.15) is 0 Å². The number of hydrogen-bond donors (Lipinski definition) is 2. The number of aromatic nitrogens is 3. The lowest BCUT2D eigenvalue weighted by molar-refractivity contribution is 0.217. The summed E-state index contributed by atoms with van der Waals surface area (Å²) in [6.07, 6.45) is 4.76. The van der Waals surface area contributed by atoms with E-state index in [1.54, 1.807) is 11.1 Å². The SMILES string of the molecule is Cc1ccc(NC(=O)N2CC=C(c3ncc(Cc4nnc(CO)o4)cc3Cl)CC2)cc1C. The highest BCUT2D eigenvalue weighted by molar-refractivity contribution is 6.32. The summed E-state index contributed by atoms with van der Waals surface area (Å²) in [5.41, 5.74) is 5.68. The van der Waals surface area contributed by atoms with Crippen LogP contribution in [0, 0.1) is 13.8 Å². The summed E-state index contributed by atoms with van der Waals surface area (Å²) in [5, 5.41) is 20.1. The van der Waals surface area contributed by atoms with E-state index in [0.717, 1.165) is 22.4 Å². The number of halogens is 1. The fourth-order valence-corrected chi connectivity index (χ4v) is 3.81. The van der Waals surface area contributed by atoms with Crippen molar-refractivity contribution in [1.29, 1.82) is 0 Å². The van der Waals surface area contributed by atoms with Crippen molar-refractivity contribution in [2.45, 2.75) is 33.3 Å². The number of amides is 2. The molecular weight excluding hydrogens is 430 g/mol. The molecule has 1 aliphatic rings. The third-order valence-corrected chi connectivity index (χ3v) is 5.74. The van der Waals surface area contributed by atoms with E-state index in [-0.39, 0.29) is 18.5 Å². The highest BCUT2D eigenvalue weighted by Crippen LogP contribution is 2.28. The van der Waals surface area contributed by atoms with E-state index in [1.165, 1.54) is 5.56 Å². The summed E-state index contributed by atoms with van der Waals surface area (Å²) in [5.74, 6) is 0.566. The van der Waals surface area contributed by atoms with Gasteiger partial charge in [-0.25, -0.2) is 4.79 Å². The van der Waals surface area contributed by atoms with Crippen LogP contribution in [0.5, 0.6) is 0 Å². The Morgan fingerprint density at radius 3 is 2.69 bits per heavy atom. The third-order valence-electron chi connectivity index (χ3n) is 5.46. The number of aliphatic hydroxyl groups excluding tert-OH is 1. The van der Waals surface area contributed by atoms with Crippen molar-refractivity contribution < 1.29 is 14.3 Å². The number of aryl methyl sites for hydroxylation is 2. The van der Waals surface area contributed by atoms with E-state index < -0.39 is 0 Å². The van der Waals surface area contributed by atoms with Crippen molar-refractivity contribution in [2.24, 2.45) is 0 Å². The fourth-order valence-electron chi connectivity index (χ4n) is 3.50. The Bertz CT molecular complexity index is 1170. The summed E-state index contributed by atoms with van der Waals surface area (Å²) in [7, 11) is 0. The van der Waals surface area contributed by atoms with Crippen LogP contribution in [0.25, 0.3) is 5.57 Å². The lowest BCUT2D eigenvalue weighted by Gasteiger charge is -2.27. The van der Waals surface area contributed by atoms with Crippen molar-refractivity contribution >= 4 is 28.9 Å². The first-order valence-corrected chi connectivity index (χ1v) is 10.7. The summed E-state index contributed by atoms with van der Waals surface area (Å²) in [4.78, 5) is 18.9. The maximum atomic E-state index is 12.6. The van der Waals surface area contributed by atoms with Crippen molar-refractivity contribution in [1.82, 2.24) is 20.1 Å². The number of benzene rings is 1. The van der Waals surface area contributed by atoms with Gasteiger partial charge in [0.15, 0.2) is 0 Å². The quantitative estimate of drug-likeness (QED) is 0.601. The minimum atomic E-state index is -0.293. The molecule has 0 saturated heterocycles. The van der Waals surface area contributed by atoms with Crippen LogP contribution in [0.15, 0.2) is 41.0 Å². The van der Waals surface area contributed by atoms with Crippen LogP contribution in [-0.2, 0) is 13.0 Å². The highest BCUT2D eigenvalue weighted by atomic mass is 35.5. The molecule has 0 radical (unpaired) electrons. The van der Waals surface area contributed by atoms with E-state index in [2.05, 4.69) is 20.5 Å². The Kier molecular flexibility index (Phi) is 6.53. The number of aliphatic hydroxyl groups is 1. The van der Waals surface area contributed by atoms with E-state index in [0.29, 0.717) is 42.5 Å². The van der Waals surface area contributed by atoms with Crippen LogP contribution >= 0.6 is 11.6 Å². The summed E-state index contributed by atoms with van der Waals surface area (Å²) < 4.78 is 5.31. The molecule has 1 aromatic carbocycles. The Balaban J connectivity index is 1.39. The van der Waals surface area contributed by atoms with Gasteiger partial charge in [-0.1, -0.05) is 23.7 Å². The minimum absolute atomic E-state index is 0.125. The number of urea groups is 1. The van der Waals surface area contributed by atoms with Crippen molar-refractivity contribution in [3.05, 3.63) is 75.7 Å². The first kappa shape index (κ1) is 22.0. The summed E-state index contributed by atoms with van der Waals surface area (Å²) in [6, 6.07) is 7.59. The normalized spacial score (nSPS) is 13.8. The van der Waals surface area contributed by atoms with Crippen molar-refractivity contribution in [2.75, 3.05) is 18.4 Å². The average molecular weight is 454 g/mol. The van der Waals surface area contributed by atoms with Crippen molar-refractivity contribution in [3.63, 3.8) is 0 Å². The number of anilines is 1. The number of pyridine rings is 1. The molecule has 32 heavy (non-hydrogen) atoms. The monoisotopic (exact) mass is 453 g/mol. The largest absolute Gasteiger partial charge is 0.422 e. The molecule has 0 spiro atoms. The van der Waals surface area contributed by atoms with Crippen LogP contribution < -0.4 is 5.32 Å². The molecule has 0 aliphatic carbocycles. The summed E-state index contributed by atoms with van der Waals surface area (Å²) >= 11 is 6.49. The molecule has 4 rings (SSSR count). The van der Waals surface area contributed by atoms with Gasteiger partial charge in [0.1, 0.15) is 6.61 Å². The first-order chi connectivity index (χ1) is 15.4. The number of hydrogen-bond acceptors (Lipinski definition) is 6. The van der Waals surface area contributed by atoms with E-state index in [4.69, 9.17) is 21.1 Å². The molecule has 8 nitrogen and oxygen atoms in total. The zero-order chi connectivity index (χ0) is 22.7. The Labute approximate surface area is 190 Å². The van der Waals surface area contributed by atoms with Gasteiger partial charge in [0.05, 0.1) is 17.1 Å². The number of nitrogens with one attached hydrogen (secondary N) is 1. The molecule has 3 heterocycles. The Hall–Kier alpha value is -3.23. The summed E-state index contributed by atoms with van der Waals surface area (Å²) in [6.45, 7) is 4.84. The lowest BCUT2D eigenvalue weighted by atomic mass is 10.0. The van der Waals surface area contributed by atoms with Crippen LogP contribution in [0.2, 0.25) is 5.02 Å². The van der Waals surface area contributed by atoms with Gasteiger partial charge in [-0.15, -0.1) is 10.2 Å². The second kappa shape index (κ2) is 9.50. The van der Waals surface area contributed by atoms with Gasteiger partial charge in [-0.3, -0.25) is 4.98 Å². The van der Waals surface area contributed by atoms with Gasteiger partial charge >= 0.3 is 6.03 Å². The molecule has 0 saturated carbocycles. The van der Waals surface area contributed by atoms with Crippen LogP contribution in [-0.4, -0.2) is 44.3 Å². The van der Waals surface area contributed by atoms with Crippen LogP contribution in [0.1, 0.15) is 40.6 Å². The second-order valence-electron chi connectivity index (χ2n) is 7.75. The molecule has 0 atom stereocenters. The first-order valence-electron chi connectivity index (χ1n) is 10.3. The van der Waals surface area contributed by atoms with Gasteiger partial charge in [0.2, 0.25) is 11.8 Å². The van der Waals surface area contributed by atoms with E-state index in [9.17, 15) is 4.79 Å². The van der Waals surface area contributed by atoms with Gasteiger partial charge in [0.25, 0.3) is 0 Å². The fraction of sp³-hybridized carbons (Fsp3) is 0.304. The van der Waals surface area contributed by atoms with Gasteiger partial charge < -0.3 is 19.7 Å². The molecule has 2 N–H and O–H groups in total. The molecule has 0 fully saturated rings. The maximum Gasteiger partial charge on any atom is 0.322 e. The Morgan fingerprint density at radius 2 is 2.03 bits per heavy atom. The second-order valence-corrected chi connectivity index (χ2v) is 8.16. The molecule has 166 valence electrons. The molecule has 0 bridgehead atoms.